The molecule has 19 heavy (non-hydrogen) atoms. The van der Waals surface area contributed by atoms with Crippen molar-refractivity contribution in [2.45, 2.75) is 11.8 Å². The van der Waals surface area contributed by atoms with Gasteiger partial charge in [0.25, 0.3) is 0 Å². The van der Waals surface area contributed by atoms with Gasteiger partial charge in [-0.05, 0) is 31.2 Å². The van der Waals surface area contributed by atoms with Crippen LogP contribution in [0.2, 0.25) is 0 Å². The van der Waals surface area contributed by atoms with Crippen molar-refractivity contribution in [3.8, 4) is 5.75 Å². The molecule has 1 aromatic carbocycles. The van der Waals surface area contributed by atoms with E-state index in [0.29, 0.717) is 18.0 Å². The molecule has 2 N–H and O–H groups in total. The van der Waals surface area contributed by atoms with Crippen LogP contribution in [0.15, 0.2) is 41.6 Å². The van der Waals surface area contributed by atoms with Crippen molar-refractivity contribution in [3.63, 3.8) is 0 Å². The molecule has 1 amide bonds. The quantitative estimate of drug-likeness (QED) is 0.796. The van der Waals surface area contributed by atoms with E-state index < -0.39 is 0 Å². The molecule has 0 aliphatic heterocycles. The van der Waals surface area contributed by atoms with E-state index in [1.807, 2.05) is 31.2 Å². The maximum Gasteiger partial charge on any atom is 0.234 e. The van der Waals surface area contributed by atoms with E-state index in [4.69, 9.17) is 4.74 Å². The fraction of sp³-hybridized carbons (Fsp3) is 0.231. The fourth-order valence-electron chi connectivity index (χ4n) is 1.46. The molecule has 0 fully saturated rings. The van der Waals surface area contributed by atoms with E-state index in [1.54, 1.807) is 12.4 Å². The predicted octanol–water partition coefficient (Wildman–Crippen LogP) is 2.54. The molecule has 0 saturated carbocycles. The molecule has 2 rings (SSSR count). The number of hydrogen-bond acceptors (Lipinski definition) is 4. The minimum absolute atomic E-state index is 0.0553. The first kappa shape index (κ1) is 13.5. The Morgan fingerprint density at radius 3 is 2.84 bits per heavy atom. The molecule has 0 atom stereocenters. The molecular weight excluding hydrogens is 262 g/mol. The van der Waals surface area contributed by atoms with Crippen LogP contribution >= 0.6 is 11.8 Å². The van der Waals surface area contributed by atoms with Crippen LogP contribution in [0.4, 0.5) is 5.69 Å². The van der Waals surface area contributed by atoms with Gasteiger partial charge < -0.3 is 10.1 Å². The molecule has 5 nitrogen and oxygen atoms in total. The normalized spacial score (nSPS) is 10.2. The van der Waals surface area contributed by atoms with Gasteiger partial charge in [-0.1, -0.05) is 0 Å². The lowest BCUT2D eigenvalue weighted by molar-refractivity contribution is -0.113. The number of H-pyrrole nitrogens is 1. The summed E-state index contributed by atoms with van der Waals surface area (Å²) in [4.78, 5) is 12.7. The summed E-state index contributed by atoms with van der Waals surface area (Å²) in [5.74, 6) is 1.15. The minimum Gasteiger partial charge on any atom is -0.494 e. The second-order valence-corrected chi connectivity index (χ2v) is 4.78. The van der Waals surface area contributed by atoms with Gasteiger partial charge in [0.2, 0.25) is 5.91 Å². The van der Waals surface area contributed by atoms with Crippen molar-refractivity contribution >= 4 is 23.4 Å². The molecule has 100 valence electrons. The molecule has 0 aliphatic rings. The third-order valence-electron chi connectivity index (χ3n) is 2.29. The van der Waals surface area contributed by atoms with Gasteiger partial charge in [-0.25, -0.2) is 0 Å². The van der Waals surface area contributed by atoms with Crippen LogP contribution in [-0.4, -0.2) is 28.5 Å². The van der Waals surface area contributed by atoms with Crippen LogP contribution in [0.5, 0.6) is 5.75 Å². The number of thioether (sulfide) groups is 1. The number of carbonyl (C=O) groups excluding carboxylic acids is 1. The number of anilines is 1. The number of nitrogens with one attached hydrogen (secondary N) is 2. The van der Waals surface area contributed by atoms with Crippen LogP contribution in [0.25, 0.3) is 0 Å². The van der Waals surface area contributed by atoms with E-state index in [9.17, 15) is 4.79 Å². The molecule has 2 aromatic rings. The number of carbonyl (C=O) groups is 1. The summed E-state index contributed by atoms with van der Waals surface area (Å²) in [7, 11) is 0. The average molecular weight is 277 g/mol. The number of amides is 1. The van der Waals surface area contributed by atoms with Crippen LogP contribution in [0.3, 0.4) is 0 Å². The molecule has 0 radical (unpaired) electrons. The zero-order valence-electron chi connectivity index (χ0n) is 10.6. The van der Waals surface area contributed by atoms with Gasteiger partial charge in [0.1, 0.15) is 5.75 Å². The van der Waals surface area contributed by atoms with E-state index in [0.717, 1.165) is 10.6 Å². The summed E-state index contributed by atoms with van der Waals surface area (Å²) in [5, 5.41) is 9.15. The van der Waals surface area contributed by atoms with Crippen molar-refractivity contribution in [3.05, 3.63) is 36.7 Å². The lowest BCUT2D eigenvalue weighted by atomic mass is 10.3. The van der Waals surface area contributed by atoms with Gasteiger partial charge in [0.05, 0.1) is 24.2 Å². The first-order chi connectivity index (χ1) is 9.28. The lowest BCUT2D eigenvalue weighted by Gasteiger charge is -2.05. The molecule has 0 bridgehead atoms. The standard InChI is InChI=1S/C13H15N3O2S/c1-2-18-11-3-5-12(6-4-11)19-9-13(17)16-10-7-14-15-8-10/h3-8H,2,9H2,1H3,(H,14,15)(H,16,17). The van der Waals surface area contributed by atoms with E-state index in [-0.39, 0.29) is 5.91 Å². The van der Waals surface area contributed by atoms with Gasteiger partial charge in [-0.3, -0.25) is 9.89 Å². The molecule has 0 spiro atoms. The first-order valence-electron chi connectivity index (χ1n) is 5.92. The van der Waals surface area contributed by atoms with Crippen molar-refractivity contribution in [1.82, 2.24) is 10.2 Å². The number of nitrogens with zero attached hydrogens (tertiary/aromatic N) is 1. The molecule has 1 aromatic heterocycles. The van der Waals surface area contributed by atoms with E-state index >= 15 is 0 Å². The van der Waals surface area contributed by atoms with Crippen molar-refractivity contribution < 1.29 is 9.53 Å². The summed E-state index contributed by atoms with van der Waals surface area (Å²) >= 11 is 1.48. The van der Waals surface area contributed by atoms with Gasteiger partial charge >= 0.3 is 0 Å². The van der Waals surface area contributed by atoms with Gasteiger partial charge in [-0.15, -0.1) is 11.8 Å². The molecule has 1 heterocycles. The molecular formula is C13H15N3O2S. The Morgan fingerprint density at radius 2 is 2.21 bits per heavy atom. The maximum atomic E-state index is 11.7. The van der Waals surface area contributed by atoms with E-state index in [2.05, 4.69) is 15.5 Å². The minimum atomic E-state index is -0.0553. The number of rotatable bonds is 6. The SMILES string of the molecule is CCOc1ccc(SCC(=O)Nc2cn[nH]c2)cc1. The van der Waals surface area contributed by atoms with Crippen molar-refractivity contribution in [2.75, 3.05) is 17.7 Å². The number of aromatic nitrogens is 2. The zero-order chi connectivity index (χ0) is 13.5. The van der Waals surface area contributed by atoms with Gasteiger partial charge in [0, 0.05) is 11.1 Å². The summed E-state index contributed by atoms with van der Waals surface area (Å²) in [6.07, 6.45) is 3.21. The van der Waals surface area contributed by atoms with Crippen LogP contribution in [0, 0.1) is 0 Å². The highest BCUT2D eigenvalue weighted by atomic mass is 32.2. The molecule has 0 unspecified atom stereocenters. The number of benzene rings is 1. The molecule has 6 heteroatoms. The van der Waals surface area contributed by atoms with Crippen LogP contribution < -0.4 is 10.1 Å². The van der Waals surface area contributed by atoms with Gasteiger partial charge in [0.15, 0.2) is 0 Å². The third kappa shape index (κ3) is 4.33. The predicted molar refractivity (Wildman–Crippen MR) is 75.6 cm³/mol. The summed E-state index contributed by atoms with van der Waals surface area (Å²) < 4.78 is 5.36. The maximum absolute atomic E-state index is 11.7. The topological polar surface area (TPSA) is 67.0 Å². The Labute approximate surface area is 115 Å². The second kappa shape index (κ2) is 6.84. The Hall–Kier alpha value is -1.95. The Morgan fingerprint density at radius 1 is 1.42 bits per heavy atom. The third-order valence-corrected chi connectivity index (χ3v) is 3.30. The molecule has 0 aliphatic carbocycles. The lowest BCUT2D eigenvalue weighted by Crippen LogP contribution is -2.13. The highest BCUT2D eigenvalue weighted by Gasteiger charge is 2.04. The fourth-order valence-corrected chi connectivity index (χ4v) is 2.16. The monoisotopic (exact) mass is 277 g/mol. The summed E-state index contributed by atoms with van der Waals surface area (Å²) in [6.45, 7) is 2.60. The second-order valence-electron chi connectivity index (χ2n) is 3.73. The zero-order valence-corrected chi connectivity index (χ0v) is 11.4. The number of aromatic amines is 1. The highest BCUT2D eigenvalue weighted by molar-refractivity contribution is 8.00. The largest absolute Gasteiger partial charge is 0.494 e. The van der Waals surface area contributed by atoms with Crippen molar-refractivity contribution in [1.29, 1.82) is 0 Å². The summed E-state index contributed by atoms with van der Waals surface area (Å²) in [6, 6.07) is 7.70. The van der Waals surface area contributed by atoms with Crippen LogP contribution in [0.1, 0.15) is 6.92 Å². The smallest absolute Gasteiger partial charge is 0.234 e. The highest BCUT2D eigenvalue weighted by Crippen LogP contribution is 2.21. The van der Waals surface area contributed by atoms with Crippen LogP contribution in [-0.2, 0) is 4.79 Å². The average Bonchev–Trinajstić information content (AvgIpc) is 2.91. The number of ether oxygens (including phenoxy) is 1. The Bertz CT molecular complexity index is 511. The number of hydrogen-bond donors (Lipinski definition) is 2. The Kier molecular flexibility index (Phi) is 4.85. The Balaban J connectivity index is 1.79. The van der Waals surface area contributed by atoms with E-state index in [1.165, 1.54) is 11.8 Å². The van der Waals surface area contributed by atoms with Gasteiger partial charge in [-0.2, -0.15) is 5.10 Å². The summed E-state index contributed by atoms with van der Waals surface area (Å²) in [5.41, 5.74) is 0.678. The van der Waals surface area contributed by atoms with Crippen molar-refractivity contribution in [2.24, 2.45) is 0 Å². The molecule has 0 saturated heterocycles. The first-order valence-corrected chi connectivity index (χ1v) is 6.91.